The summed E-state index contributed by atoms with van der Waals surface area (Å²) in [5, 5.41) is 3.68. The highest BCUT2D eigenvalue weighted by Crippen LogP contribution is 2.40. The Hall–Kier alpha value is -0.410. The zero-order chi connectivity index (χ0) is 13.6. The van der Waals surface area contributed by atoms with Gasteiger partial charge >= 0.3 is 0 Å². The molecule has 0 atom stereocenters. The molecule has 2 rings (SSSR count). The van der Waals surface area contributed by atoms with Crippen molar-refractivity contribution in [1.82, 2.24) is 10.3 Å². The summed E-state index contributed by atoms with van der Waals surface area (Å²) in [5.74, 6) is 0. The molecule has 1 aliphatic carbocycles. The lowest BCUT2D eigenvalue weighted by Crippen LogP contribution is -2.37. The minimum Gasteiger partial charge on any atom is -0.316 e. The highest BCUT2D eigenvalue weighted by Gasteiger charge is 2.31. The predicted octanol–water partition coefficient (Wildman–Crippen LogP) is 4.33. The van der Waals surface area contributed by atoms with Crippen molar-refractivity contribution in [2.45, 2.75) is 65.2 Å². The van der Waals surface area contributed by atoms with Crippen molar-refractivity contribution in [3.63, 3.8) is 0 Å². The molecule has 1 heterocycles. The number of nitrogens with zero attached hydrogens (tertiary/aromatic N) is 1. The molecule has 0 unspecified atom stereocenters. The summed E-state index contributed by atoms with van der Waals surface area (Å²) in [7, 11) is 0. The van der Waals surface area contributed by atoms with E-state index >= 15 is 0 Å². The Balaban J connectivity index is 1.91. The van der Waals surface area contributed by atoms with Crippen LogP contribution in [0.15, 0.2) is 5.51 Å². The highest BCUT2D eigenvalue weighted by molar-refractivity contribution is 7.09. The average Bonchev–Trinajstić information content (AvgIpc) is 2.84. The number of hydrogen-bond acceptors (Lipinski definition) is 3. The fourth-order valence-electron chi connectivity index (χ4n) is 3.29. The number of thiazole rings is 1. The molecule has 1 N–H and O–H groups in total. The van der Waals surface area contributed by atoms with Crippen LogP contribution < -0.4 is 5.32 Å². The number of nitrogens with one attached hydrogen (secondary N) is 1. The molecule has 1 saturated carbocycles. The van der Waals surface area contributed by atoms with Crippen LogP contribution in [-0.4, -0.2) is 18.1 Å². The maximum Gasteiger partial charge on any atom is 0.0797 e. The summed E-state index contributed by atoms with van der Waals surface area (Å²) in [4.78, 5) is 5.88. The number of aryl methyl sites for hydroxylation is 2. The number of hydrogen-bond donors (Lipinski definition) is 1. The third-order valence-corrected chi connectivity index (χ3v) is 5.56. The molecule has 3 heteroatoms. The first-order chi connectivity index (χ1) is 9.26. The maximum absolute atomic E-state index is 4.38. The van der Waals surface area contributed by atoms with E-state index in [2.05, 4.69) is 24.1 Å². The van der Waals surface area contributed by atoms with Gasteiger partial charge in [-0.25, -0.2) is 4.98 Å². The van der Waals surface area contributed by atoms with Crippen molar-refractivity contribution >= 4 is 11.3 Å². The Morgan fingerprint density at radius 2 is 2.11 bits per heavy atom. The van der Waals surface area contributed by atoms with Crippen molar-refractivity contribution in [2.75, 3.05) is 13.1 Å². The van der Waals surface area contributed by atoms with E-state index in [-0.39, 0.29) is 0 Å². The highest BCUT2D eigenvalue weighted by atomic mass is 32.1. The third kappa shape index (κ3) is 4.28. The van der Waals surface area contributed by atoms with Crippen molar-refractivity contribution in [3.05, 3.63) is 16.1 Å². The van der Waals surface area contributed by atoms with Gasteiger partial charge in [-0.3, -0.25) is 0 Å². The van der Waals surface area contributed by atoms with Gasteiger partial charge in [-0.2, -0.15) is 0 Å². The van der Waals surface area contributed by atoms with Crippen LogP contribution >= 0.6 is 11.3 Å². The van der Waals surface area contributed by atoms with E-state index in [9.17, 15) is 0 Å². The topological polar surface area (TPSA) is 24.9 Å². The van der Waals surface area contributed by atoms with Gasteiger partial charge in [-0.15, -0.1) is 11.3 Å². The quantitative estimate of drug-likeness (QED) is 0.752. The minimum absolute atomic E-state index is 0.559. The molecule has 0 aliphatic heterocycles. The van der Waals surface area contributed by atoms with Gasteiger partial charge in [0.05, 0.1) is 11.2 Å². The van der Waals surface area contributed by atoms with E-state index in [1.54, 1.807) is 0 Å². The van der Waals surface area contributed by atoms with Crippen molar-refractivity contribution in [2.24, 2.45) is 5.41 Å². The molecular formula is C16H28N2S. The van der Waals surface area contributed by atoms with Gasteiger partial charge in [-0.1, -0.05) is 26.2 Å². The average molecular weight is 280 g/mol. The van der Waals surface area contributed by atoms with E-state index in [4.69, 9.17) is 0 Å². The fraction of sp³-hybridized carbons (Fsp3) is 0.812. The van der Waals surface area contributed by atoms with E-state index < -0.39 is 0 Å². The Labute approximate surface area is 122 Å². The second-order valence-corrected chi connectivity index (χ2v) is 7.04. The second kappa shape index (κ2) is 7.39. The van der Waals surface area contributed by atoms with Crippen molar-refractivity contribution < 1.29 is 0 Å². The summed E-state index contributed by atoms with van der Waals surface area (Å²) in [5.41, 5.74) is 3.80. The molecular weight excluding hydrogens is 252 g/mol. The van der Waals surface area contributed by atoms with E-state index in [1.807, 2.05) is 16.8 Å². The molecule has 0 spiro atoms. The summed E-state index contributed by atoms with van der Waals surface area (Å²) < 4.78 is 0. The molecule has 2 nitrogen and oxygen atoms in total. The number of rotatable bonds is 7. The Morgan fingerprint density at radius 1 is 1.32 bits per heavy atom. The minimum atomic E-state index is 0.559. The van der Waals surface area contributed by atoms with E-state index in [0.29, 0.717) is 5.41 Å². The van der Waals surface area contributed by atoms with Crippen LogP contribution in [0.5, 0.6) is 0 Å². The number of aromatic nitrogens is 1. The van der Waals surface area contributed by atoms with Crippen molar-refractivity contribution in [1.29, 1.82) is 0 Å². The van der Waals surface area contributed by atoms with Gasteiger partial charge in [0, 0.05) is 11.4 Å². The van der Waals surface area contributed by atoms with Gasteiger partial charge in [0.2, 0.25) is 0 Å². The van der Waals surface area contributed by atoms with Gasteiger partial charge < -0.3 is 5.32 Å². The zero-order valence-electron chi connectivity index (χ0n) is 12.5. The first-order valence-corrected chi connectivity index (χ1v) is 8.73. The molecule has 1 aromatic rings. The predicted molar refractivity (Wildman–Crippen MR) is 83.9 cm³/mol. The Morgan fingerprint density at radius 3 is 2.74 bits per heavy atom. The van der Waals surface area contributed by atoms with Crippen LogP contribution in [0.25, 0.3) is 0 Å². The largest absolute Gasteiger partial charge is 0.316 e. The normalized spacial score (nSPS) is 18.6. The second-order valence-electron chi connectivity index (χ2n) is 6.10. The fourth-order valence-corrected chi connectivity index (χ4v) is 4.07. The zero-order valence-corrected chi connectivity index (χ0v) is 13.3. The lowest BCUT2D eigenvalue weighted by atomic mass is 9.71. The van der Waals surface area contributed by atoms with Crippen LogP contribution in [0, 0.1) is 12.3 Å². The summed E-state index contributed by atoms with van der Waals surface area (Å²) in [6.07, 6.45) is 10.9. The Kier molecular flexibility index (Phi) is 5.83. The molecule has 0 amide bonds. The lowest BCUT2D eigenvalue weighted by Gasteiger charge is -2.38. The monoisotopic (exact) mass is 280 g/mol. The van der Waals surface area contributed by atoms with Gasteiger partial charge in [0.25, 0.3) is 0 Å². The Bertz CT molecular complexity index is 367. The third-order valence-electron chi connectivity index (χ3n) is 4.57. The molecule has 0 bridgehead atoms. The van der Waals surface area contributed by atoms with Crippen LogP contribution in [0.2, 0.25) is 0 Å². The standard InChI is InChI=1S/C16H28N2S/c1-3-11-17-12-16(8-5-4-6-9-16)10-7-15-14(2)18-13-19-15/h13,17H,3-12H2,1-2H3. The van der Waals surface area contributed by atoms with Crippen LogP contribution in [0.4, 0.5) is 0 Å². The summed E-state index contributed by atoms with van der Waals surface area (Å²) in [6.45, 7) is 6.79. The summed E-state index contributed by atoms with van der Waals surface area (Å²) in [6, 6.07) is 0. The first-order valence-electron chi connectivity index (χ1n) is 7.85. The molecule has 0 aromatic carbocycles. The molecule has 1 aromatic heterocycles. The first kappa shape index (κ1) is 15.0. The molecule has 1 fully saturated rings. The van der Waals surface area contributed by atoms with Gasteiger partial charge in [-0.05, 0) is 51.0 Å². The molecule has 0 radical (unpaired) electrons. The van der Waals surface area contributed by atoms with Gasteiger partial charge in [0.1, 0.15) is 0 Å². The maximum atomic E-state index is 4.38. The lowest BCUT2D eigenvalue weighted by molar-refractivity contribution is 0.167. The molecule has 108 valence electrons. The van der Waals surface area contributed by atoms with Crippen LogP contribution in [0.3, 0.4) is 0 Å². The van der Waals surface area contributed by atoms with E-state index in [1.165, 1.54) is 75.0 Å². The van der Waals surface area contributed by atoms with Crippen LogP contribution in [-0.2, 0) is 6.42 Å². The van der Waals surface area contributed by atoms with E-state index in [0.717, 1.165) is 0 Å². The SMILES string of the molecule is CCCNCC1(CCc2scnc2C)CCCCC1. The molecule has 1 aliphatic rings. The van der Waals surface area contributed by atoms with Crippen LogP contribution in [0.1, 0.15) is 62.4 Å². The van der Waals surface area contributed by atoms with Crippen molar-refractivity contribution in [3.8, 4) is 0 Å². The summed E-state index contributed by atoms with van der Waals surface area (Å²) >= 11 is 1.83. The van der Waals surface area contributed by atoms with Gasteiger partial charge in [0.15, 0.2) is 0 Å². The molecule has 19 heavy (non-hydrogen) atoms. The smallest absolute Gasteiger partial charge is 0.0797 e. The molecule has 0 saturated heterocycles.